The summed E-state index contributed by atoms with van der Waals surface area (Å²) in [6.07, 6.45) is 0.870. The van der Waals surface area contributed by atoms with E-state index in [9.17, 15) is 4.57 Å². The van der Waals surface area contributed by atoms with Crippen molar-refractivity contribution in [3.63, 3.8) is 0 Å². The summed E-state index contributed by atoms with van der Waals surface area (Å²) in [5.41, 5.74) is 0. The van der Waals surface area contributed by atoms with Crippen LogP contribution >= 0.6 is 7.95 Å². The molecular formula is C3H7NOP+. The van der Waals surface area contributed by atoms with Crippen molar-refractivity contribution in [2.45, 2.75) is 13.0 Å². The van der Waals surface area contributed by atoms with Gasteiger partial charge in [-0.3, -0.25) is 0 Å². The third kappa shape index (κ3) is 0.585. The van der Waals surface area contributed by atoms with Crippen molar-refractivity contribution in [1.82, 2.24) is 5.09 Å². The average Bonchev–Trinajstić information content (AvgIpc) is 1.33. The normalized spacial score (nSPS) is 38.8. The van der Waals surface area contributed by atoms with E-state index in [-0.39, 0.29) is 0 Å². The maximum Gasteiger partial charge on any atom is 0.434 e. The molecule has 0 aromatic carbocycles. The highest BCUT2D eigenvalue weighted by Gasteiger charge is 2.34. The molecular weight excluding hydrogens is 97.0 g/mol. The molecule has 1 fully saturated rings. The molecule has 0 spiro atoms. The van der Waals surface area contributed by atoms with Crippen LogP contribution in [0.15, 0.2) is 0 Å². The average molecular weight is 104 g/mol. The maximum atomic E-state index is 10.1. The van der Waals surface area contributed by atoms with Gasteiger partial charge in [0.05, 0.1) is 6.04 Å². The zero-order chi connectivity index (χ0) is 4.57. The lowest BCUT2D eigenvalue weighted by Crippen LogP contribution is -2.33. The summed E-state index contributed by atoms with van der Waals surface area (Å²) < 4.78 is 10.1. The fourth-order valence-electron chi connectivity index (χ4n) is 0.476. The van der Waals surface area contributed by atoms with Crippen LogP contribution < -0.4 is 5.09 Å². The summed E-state index contributed by atoms with van der Waals surface area (Å²) in [6, 6.07) is 0.508. The van der Waals surface area contributed by atoms with E-state index < -0.39 is 7.95 Å². The molecule has 0 aliphatic carbocycles. The lowest BCUT2D eigenvalue weighted by atomic mass is 10.4. The second-order valence-corrected chi connectivity index (χ2v) is 2.97. The first-order valence-corrected chi connectivity index (χ1v) is 3.44. The largest absolute Gasteiger partial charge is 0.434 e. The molecule has 6 heavy (non-hydrogen) atoms. The fourth-order valence-corrected chi connectivity index (χ4v) is 1.43. The van der Waals surface area contributed by atoms with Gasteiger partial charge in [0.1, 0.15) is 0 Å². The van der Waals surface area contributed by atoms with E-state index in [2.05, 4.69) is 5.09 Å². The van der Waals surface area contributed by atoms with Crippen molar-refractivity contribution in [1.29, 1.82) is 0 Å². The topological polar surface area (TPSA) is 29.1 Å². The van der Waals surface area contributed by atoms with Crippen molar-refractivity contribution in [3.8, 4) is 0 Å². The van der Waals surface area contributed by atoms with E-state index in [0.29, 0.717) is 6.04 Å². The lowest BCUT2D eigenvalue weighted by Gasteiger charge is -2.06. The zero-order valence-electron chi connectivity index (χ0n) is 3.64. The van der Waals surface area contributed by atoms with Gasteiger partial charge in [0.15, 0.2) is 6.16 Å². The molecule has 1 aliphatic rings. The van der Waals surface area contributed by atoms with E-state index in [1.54, 1.807) is 0 Å². The first kappa shape index (κ1) is 4.23. The molecule has 0 radical (unpaired) electrons. The molecule has 1 aliphatic heterocycles. The van der Waals surface area contributed by atoms with E-state index in [1.165, 1.54) is 0 Å². The van der Waals surface area contributed by atoms with Gasteiger partial charge in [0.25, 0.3) is 0 Å². The lowest BCUT2D eigenvalue weighted by molar-refractivity contribution is 0.543. The Bertz CT molecular complexity index is 74.9. The van der Waals surface area contributed by atoms with Gasteiger partial charge in [-0.2, -0.15) is 0 Å². The summed E-state index contributed by atoms with van der Waals surface area (Å²) in [5, 5.41) is 2.81. The van der Waals surface area contributed by atoms with Crippen molar-refractivity contribution < 1.29 is 4.57 Å². The van der Waals surface area contributed by atoms with Crippen LogP contribution in [0, 0.1) is 0 Å². The predicted molar refractivity (Wildman–Crippen MR) is 25.1 cm³/mol. The van der Waals surface area contributed by atoms with Gasteiger partial charge in [-0.1, -0.05) is 4.57 Å². The Morgan fingerprint density at radius 3 is 2.50 bits per heavy atom. The molecule has 0 bridgehead atoms. The van der Waals surface area contributed by atoms with Crippen molar-refractivity contribution in [2.75, 3.05) is 6.16 Å². The Morgan fingerprint density at radius 1 is 2.00 bits per heavy atom. The molecule has 2 atom stereocenters. The molecule has 0 aromatic rings. The van der Waals surface area contributed by atoms with Gasteiger partial charge in [-0.25, -0.2) is 0 Å². The van der Waals surface area contributed by atoms with Gasteiger partial charge in [0, 0.05) is 0 Å². The summed E-state index contributed by atoms with van der Waals surface area (Å²) in [7, 11) is -0.957. The minimum absolute atomic E-state index is 0.508. The van der Waals surface area contributed by atoms with Crippen LogP contribution in [0.2, 0.25) is 0 Å². The number of hydrogen-bond donors (Lipinski definition) is 1. The number of nitrogens with one attached hydrogen (secondary N) is 1. The van der Waals surface area contributed by atoms with Gasteiger partial charge >= 0.3 is 7.95 Å². The molecule has 1 heterocycles. The summed E-state index contributed by atoms with van der Waals surface area (Å²) in [5.74, 6) is 0. The molecule has 1 saturated heterocycles. The van der Waals surface area contributed by atoms with E-state index in [4.69, 9.17) is 0 Å². The molecule has 1 rings (SSSR count). The van der Waals surface area contributed by atoms with Crippen molar-refractivity contribution in [3.05, 3.63) is 0 Å². The number of hydrogen-bond acceptors (Lipinski definition) is 1. The minimum atomic E-state index is -0.957. The van der Waals surface area contributed by atoms with E-state index in [1.807, 2.05) is 6.92 Å². The molecule has 1 N–H and O–H groups in total. The first-order chi connectivity index (χ1) is 2.79. The van der Waals surface area contributed by atoms with Gasteiger partial charge in [-0.05, 0) is 6.92 Å². The standard InChI is InChI=1S/C3H7NOP/c1-3-2-6(5)4-3/h3H,2H2,1H3,(H,4,5)/q+1. The second kappa shape index (κ2) is 1.28. The quantitative estimate of drug-likeness (QED) is 0.459. The maximum absolute atomic E-state index is 10.1. The van der Waals surface area contributed by atoms with Crippen LogP contribution in [0.5, 0.6) is 0 Å². The summed E-state index contributed by atoms with van der Waals surface area (Å²) in [6.45, 7) is 2.02. The van der Waals surface area contributed by atoms with E-state index >= 15 is 0 Å². The summed E-state index contributed by atoms with van der Waals surface area (Å²) >= 11 is 0. The van der Waals surface area contributed by atoms with Crippen LogP contribution in [0.25, 0.3) is 0 Å². The van der Waals surface area contributed by atoms with E-state index in [0.717, 1.165) is 6.16 Å². The van der Waals surface area contributed by atoms with Gasteiger partial charge < -0.3 is 0 Å². The summed E-state index contributed by atoms with van der Waals surface area (Å²) in [4.78, 5) is 0. The Balaban J connectivity index is 2.28. The Hall–Kier alpha value is 0.0600. The van der Waals surface area contributed by atoms with Crippen LogP contribution in [-0.4, -0.2) is 12.2 Å². The highest BCUT2D eigenvalue weighted by Crippen LogP contribution is 2.26. The molecule has 0 saturated carbocycles. The smallest absolute Gasteiger partial charge is 0.102 e. The van der Waals surface area contributed by atoms with Crippen LogP contribution in [0.1, 0.15) is 6.92 Å². The highest BCUT2D eigenvalue weighted by molar-refractivity contribution is 7.44. The Morgan fingerprint density at radius 2 is 2.50 bits per heavy atom. The molecule has 2 unspecified atom stereocenters. The minimum Gasteiger partial charge on any atom is -0.102 e. The Labute approximate surface area is 37.8 Å². The molecule has 0 aromatic heterocycles. The molecule has 0 amide bonds. The third-order valence-electron chi connectivity index (χ3n) is 0.804. The molecule has 3 heteroatoms. The van der Waals surface area contributed by atoms with Gasteiger partial charge in [0.2, 0.25) is 0 Å². The van der Waals surface area contributed by atoms with Crippen molar-refractivity contribution >= 4 is 7.95 Å². The first-order valence-electron chi connectivity index (χ1n) is 2.00. The predicted octanol–water partition coefficient (Wildman–Crippen LogP) is 0.720. The van der Waals surface area contributed by atoms with Crippen LogP contribution in [0.4, 0.5) is 0 Å². The monoisotopic (exact) mass is 104 g/mol. The molecule has 2 nitrogen and oxygen atoms in total. The number of rotatable bonds is 0. The molecule has 34 valence electrons. The third-order valence-corrected chi connectivity index (χ3v) is 2.41. The van der Waals surface area contributed by atoms with Crippen LogP contribution in [-0.2, 0) is 4.57 Å². The van der Waals surface area contributed by atoms with Crippen LogP contribution in [0.3, 0.4) is 0 Å². The second-order valence-electron chi connectivity index (χ2n) is 1.59. The van der Waals surface area contributed by atoms with Gasteiger partial charge in [-0.15, -0.1) is 5.09 Å². The Kier molecular flexibility index (Phi) is 0.904. The zero-order valence-corrected chi connectivity index (χ0v) is 4.53. The highest BCUT2D eigenvalue weighted by atomic mass is 31.1. The SMILES string of the molecule is CC1C[P+](=O)N1. The fraction of sp³-hybridized carbons (Fsp3) is 1.00. The van der Waals surface area contributed by atoms with Crippen molar-refractivity contribution in [2.24, 2.45) is 0 Å².